The van der Waals surface area contributed by atoms with Gasteiger partial charge in [-0.05, 0) is 69.0 Å². The van der Waals surface area contributed by atoms with Crippen molar-refractivity contribution in [2.75, 3.05) is 44.2 Å². The molecule has 1 aromatic carbocycles. The second kappa shape index (κ2) is 11.2. The Labute approximate surface area is 229 Å². The second-order valence-corrected chi connectivity index (χ2v) is 11.1. The molecular formula is C31H37F2N5O. The number of nitrogens with one attached hydrogen (secondary N) is 1. The molecule has 1 N–H and O–H groups in total. The number of halogens is 2. The minimum Gasteiger partial charge on any atom is -0.477 e. The van der Waals surface area contributed by atoms with Crippen LogP contribution in [0.1, 0.15) is 55.9 Å². The van der Waals surface area contributed by atoms with Gasteiger partial charge in [0, 0.05) is 61.6 Å². The topological polar surface area (TPSA) is 53.5 Å². The van der Waals surface area contributed by atoms with Crippen molar-refractivity contribution in [2.45, 2.75) is 57.0 Å². The van der Waals surface area contributed by atoms with Crippen LogP contribution in [0.2, 0.25) is 0 Å². The number of rotatable bonds is 7. The highest BCUT2D eigenvalue weighted by Gasteiger charge is 2.43. The van der Waals surface area contributed by atoms with Gasteiger partial charge >= 0.3 is 0 Å². The quantitative estimate of drug-likeness (QED) is 0.428. The van der Waals surface area contributed by atoms with E-state index in [-0.39, 0.29) is 11.0 Å². The Morgan fingerprint density at radius 3 is 2.72 bits per heavy atom. The van der Waals surface area contributed by atoms with Gasteiger partial charge in [0.25, 0.3) is 6.43 Å². The number of alkyl halides is 2. The lowest BCUT2D eigenvalue weighted by atomic mass is 9.69. The maximum Gasteiger partial charge on any atom is 0.265 e. The molecule has 3 aliphatic rings. The van der Waals surface area contributed by atoms with E-state index >= 15 is 0 Å². The lowest BCUT2D eigenvalue weighted by Crippen LogP contribution is -2.54. The van der Waals surface area contributed by atoms with E-state index in [4.69, 9.17) is 9.72 Å². The van der Waals surface area contributed by atoms with Gasteiger partial charge in [-0.25, -0.2) is 13.8 Å². The Morgan fingerprint density at radius 2 is 1.95 bits per heavy atom. The Hall–Kier alpha value is -3.10. The summed E-state index contributed by atoms with van der Waals surface area (Å²) in [4.78, 5) is 14.4. The number of benzene rings is 1. The summed E-state index contributed by atoms with van der Waals surface area (Å²) in [6.07, 6.45) is 3.52. The number of hydrogen-bond acceptors (Lipinski definition) is 6. The lowest BCUT2D eigenvalue weighted by molar-refractivity contribution is 0.138. The number of pyridine rings is 2. The first-order chi connectivity index (χ1) is 19.1. The fourth-order valence-electron chi connectivity index (χ4n) is 6.79. The van der Waals surface area contributed by atoms with Crippen LogP contribution in [-0.4, -0.2) is 60.2 Å². The molecule has 0 aliphatic carbocycles. The van der Waals surface area contributed by atoms with Crippen molar-refractivity contribution < 1.29 is 13.5 Å². The third kappa shape index (κ3) is 5.24. The summed E-state index contributed by atoms with van der Waals surface area (Å²) in [5.74, 6) is 0.607. The molecule has 5 heterocycles. The number of anilines is 1. The maximum absolute atomic E-state index is 13.8. The smallest absolute Gasteiger partial charge is 0.265 e. The lowest BCUT2D eigenvalue weighted by Gasteiger charge is -2.49. The molecule has 0 saturated carbocycles. The summed E-state index contributed by atoms with van der Waals surface area (Å²) in [7, 11) is 0. The van der Waals surface area contributed by atoms with Crippen molar-refractivity contribution in [3.05, 3.63) is 71.5 Å². The highest BCUT2D eigenvalue weighted by atomic mass is 19.3. The number of ether oxygens (including phenoxy) is 1. The van der Waals surface area contributed by atoms with E-state index in [1.165, 1.54) is 18.4 Å². The van der Waals surface area contributed by atoms with E-state index in [1.54, 1.807) is 18.3 Å². The number of aromatic nitrogens is 2. The molecule has 0 amide bonds. The average molecular weight is 534 g/mol. The van der Waals surface area contributed by atoms with Crippen molar-refractivity contribution in [3.8, 4) is 17.1 Å². The van der Waals surface area contributed by atoms with Gasteiger partial charge < -0.3 is 15.0 Å². The molecule has 0 bridgehead atoms. The number of nitrogens with zero attached hydrogens (tertiary/aromatic N) is 4. The highest BCUT2D eigenvalue weighted by Crippen LogP contribution is 2.44. The summed E-state index contributed by atoms with van der Waals surface area (Å²) in [5, 5.41) is 3.66. The summed E-state index contributed by atoms with van der Waals surface area (Å²) in [6.45, 7) is 7.88. The van der Waals surface area contributed by atoms with E-state index in [0.717, 1.165) is 69.1 Å². The van der Waals surface area contributed by atoms with Gasteiger partial charge in [-0.1, -0.05) is 24.3 Å². The molecule has 2 aromatic heterocycles. The first-order valence-corrected chi connectivity index (χ1v) is 14.2. The zero-order valence-electron chi connectivity index (χ0n) is 22.6. The number of hydrogen-bond donors (Lipinski definition) is 1. The van der Waals surface area contributed by atoms with Gasteiger partial charge in [-0.2, -0.15) is 0 Å². The van der Waals surface area contributed by atoms with Crippen LogP contribution in [0.15, 0.2) is 54.7 Å². The van der Waals surface area contributed by atoms with Gasteiger partial charge in [0.2, 0.25) is 5.88 Å². The molecular weight excluding hydrogens is 496 g/mol. The van der Waals surface area contributed by atoms with Gasteiger partial charge in [0.15, 0.2) is 0 Å². The van der Waals surface area contributed by atoms with Crippen LogP contribution < -0.4 is 15.0 Å². The van der Waals surface area contributed by atoms with E-state index < -0.39 is 6.43 Å². The van der Waals surface area contributed by atoms with Gasteiger partial charge in [0.1, 0.15) is 0 Å². The molecule has 0 unspecified atom stereocenters. The molecule has 3 aromatic rings. The molecule has 3 aliphatic heterocycles. The monoisotopic (exact) mass is 533 g/mol. The Bertz CT molecular complexity index is 1290. The van der Waals surface area contributed by atoms with E-state index in [1.807, 2.05) is 31.2 Å². The predicted octanol–water partition coefficient (Wildman–Crippen LogP) is 5.59. The molecule has 39 heavy (non-hydrogen) atoms. The summed E-state index contributed by atoms with van der Waals surface area (Å²) >= 11 is 0. The SMILES string of the molecule is CCOc1ncccc1-c1ccc2c(n1)CN(C[C@H]1CCCN1)CC21CCN(c2ccccc2C(F)F)CC1. The molecule has 206 valence electrons. The van der Waals surface area contributed by atoms with Gasteiger partial charge in [0.05, 0.1) is 23.6 Å². The normalized spacial score (nSPS) is 20.9. The van der Waals surface area contributed by atoms with Crippen molar-refractivity contribution in [1.82, 2.24) is 20.2 Å². The van der Waals surface area contributed by atoms with Crippen LogP contribution in [0.4, 0.5) is 14.5 Å². The van der Waals surface area contributed by atoms with E-state index in [0.29, 0.717) is 24.2 Å². The van der Waals surface area contributed by atoms with Crippen LogP contribution >= 0.6 is 0 Å². The molecule has 1 spiro atoms. The fourth-order valence-corrected chi connectivity index (χ4v) is 6.79. The Kier molecular flexibility index (Phi) is 7.49. The van der Waals surface area contributed by atoms with Gasteiger partial charge in [-0.3, -0.25) is 9.88 Å². The molecule has 2 fully saturated rings. The molecule has 6 rings (SSSR count). The number of fused-ring (bicyclic) bond motifs is 2. The zero-order valence-corrected chi connectivity index (χ0v) is 22.6. The van der Waals surface area contributed by atoms with Crippen LogP contribution in [0.25, 0.3) is 11.3 Å². The highest BCUT2D eigenvalue weighted by molar-refractivity contribution is 5.65. The standard InChI is InChI=1S/C31H37F2N5O/c1-2-39-30-23(9-6-16-35-30)26-12-11-25-27(36-26)20-37(19-22-7-5-15-34-22)21-31(25)13-17-38(18-14-31)28-10-4-3-8-24(28)29(32)33/h3-4,6,8-12,16,22,29,34H,2,5,7,13-15,17-21H2,1H3/t22-/m1/s1. The largest absolute Gasteiger partial charge is 0.477 e. The first kappa shape index (κ1) is 26.1. The third-order valence-corrected chi connectivity index (χ3v) is 8.65. The van der Waals surface area contributed by atoms with E-state index in [9.17, 15) is 8.78 Å². The number of piperidine rings is 1. The zero-order chi connectivity index (χ0) is 26.8. The molecule has 2 saturated heterocycles. The van der Waals surface area contributed by atoms with Crippen molar-refractivity contribution >= 4 is 5.69 Å². The summed E-state index contributed by atoms with van der Waals surface area (Å²) in [6, 6.07) is 15.8. The molecule has 1 atom stereocenters. The summed E-state index contributed by atoms with van der Waals surface area (Å²) in [5.41, 5.74) is 4.95. The molecule has 8 heteroatoms. The third-order valence-electron chi connectivity index (χ3n) is 8.65. The average Bonchev–Trinajstić information content (AvgIpc) is 3.47. The van der Waals surface area contributed by atoms with Crippen LogP contribution in [-0.2, 0) is 12.0 Å². The predicted molar refractivity (Wildman–Crippen MR) is 149 cm³/mol. The van der Waals surface area contributed by atoms with Crippen molar-refractivity contribution in [1.29, 1.82) is 0 Å². The Morgan fingerprint density at radius 1 is 1.10 bits per heavy atom. The van der Waals surface area contributed by atoms with Crippen molar-refractivity contribution in [3.63, 3.8) is 0 Å². The van der Waals surface area contributed by atoms with E-state index in [2.05, 4.69) is 32.2 Å². The molecule has 0 radical (unpaired) electrons. The fraction of sp³-hybridized carbons (Fsp3) is 0.484. The maximum atomic E-state index is 13.8. The van der Waals surface area contributed by atoms with Crippen molar-refractivity contribution in [2.24, 2.45) is 0 Å². The minimum atomic E-state index is -2.47. The molecule has 6 nitrogen and oxygen atoms in total. The number of para-hydroxylation sites is 1. The summed E-state index contributed by atoms with van der Waals surface area (Å²) < 4.78 is 33.3. The van der Waals surface area contributed by atoms with Crippen LogP contribution in [0.5, 0.6) is 5.88 Å². The van der Waals surface area contributed by atoms with Gasteiger partial charge in [-0.15, -0.1) is 0 Å². The van der Waals surface area contributed by atoms with Crippen LogP contribution in [0, 0.1) is 0 Å². The second-order valence-electron chi connectivity index (χ2n) is 11.1. The minimum absolute atomic E-state index is 0.0499. The van der Waals surface area contributed by atoms with Crippen LogP contribution in [0.3, 0.4) is 0 Å². The Balaban J connectivity index is 1.32. The first-order valence-electron chi connectivity index (χ1n) is 14.2.